The van der Waals surface area contributed by atoms with E-state index >= 15 is 0 Å². The number of nitrogens with one attached hydrogen (secondary N) is 1. The Morgan fingerprint density at radius 3 is 2.20 bits per heavy atom. The van der Waals surface area contributed by atoms with Gasteiger partial charge in [0, 0.05) is 0 Å². The molecule has 0 aromatic rings. The third-order valence-corrected chi connectivity index (χ3v) is 0.289. The second-order valence-corrected chi connectivity index (χ2v) is 1.14. The zero-order chi connectivity index (χ0) is 4.28. The van der Waals surface area contributed by atoms with E-state index in [4.69, 9.17) is 14.2 Å². The fourth-order valence-electron chi connectivity index (χ4n) is 0. The van der Waals surface area contributed by atoms with Crippen LogP contribution in [0.2, 0.25) is 0 Å². The first kappa shape index (κ1) is 4.78. The van der Waals surface area contributed by atoms with Crippen LogP contribution in [0, 0.1) is 5.41 Å². The van der Waals surface area contributed by atoms with Crippen molar-refractivity contribution < 1.29 is 8.76 Å². The van der Waals surface area contributed by atoms with Gasteiger partial charge in [-0.25, -0.2) is 0 Å². The van der Waals surface area contributed by atoms with Crippen LogP contribution in [0.1, 0.15) is 0 Å². The lowest BCUT2D eigenvalue weighted by atomic mass is 11.7. The van der Waals surface area contributed by atoms with Crippen molar-refractivity contribution in [3.05, 3.63) is 0 Å². The molecule has 4 heteroatoms. The van der Waals surface area contributed by atoms with E-state index in [1.54, 1.807) is 0 Å². The minimum Gasteiger partial charge on any atom is -0.768 e. The zero-order valence-corrected chi connectivity index (χ0v) is 3.12. The molecule has 0 radical (unpaired) electrons. The molecular weight excluding hydrogens is 90.1 g/mol. The fraction of sp³-hybridized carbons (Fsp3) is 0. The molecule has 0 aromatic heterocycles. The van der Waals surface area contributed by atoms with E-state index in [1.807, 2.05) is 0 Å². The van der Waals surface area contributed by atoms with Crippen molar-refractivity contribution in [1.29, 1.82) is 5.41 Å². The van der Waals surface area contributed by atoms with Gasteiger partial charge < -0.3 is 9.96 Å². The summed E-state index contributed by atoms with van der Waals surface area (Å²) >= 11 is -2.28. The van der Waals surface area contributed by atoms with Crippen LogP contribution in [0.25, 0.3) is 0 Å². The van der Waals surface area contributed by atoms with Gasteiger partial charge in [0.25, 0.3) is 0 Å². The van der Waals surface area contributed by atoms with Gasteiger partial charge in [-0.05, 0) is 11.1 Å². The molecule has 0 aromatic carbocycles. The van der Waals surface area contributed by atoms with Crippen molar-refractivity contribution >= 4 is 16.6 Å². The predicted octanol–water partition coefficient (Wildman–Crippen LogP) is -0.527. The average molecular weight is 92.1 g/mol. The van der Waals surface area contributed by atoms with E-state index in [0.717, 1.165) is 0 Å². The smallest absolute Gasteiger partial charge is 0.0679 e. The van der Waals surface area contributed by atoms with Gasteiger partial charge in [-0.3, -0.25) is 4.21 Å². The monoisotopic (exact) mass is 92.0 g/mol. The molecule has 0 bridgehead atoms. The van der Waals surface area contributed by atoms with Crippen LogP contribution in [0.15, 0.2) is 0 Å². The van der Waals surface area contributed by atoms with Crippen LogP contribution in [-0.2, 0) is 11.1 Å². The maximum atomic E-state index is 9.12. The summed E-state index contributed by atoms with van der Waals surface area (Å²) in [5.74, 6) is 0. The zero-order valence-electron chi connectivity index (χ0n) is 2.30. The van der Waals surface area contributed by atoms with Crippen molar-refractivity contribution in [1.82, 2.24) is 0 Å². The average Bonchev–Trinajstić information content (AvgIpc) is 1.38. The van der Waals surface area contributed by atoms with Crippen LogP contribution in [0.5, 0.6) is 0 Å². The topological polar surface area (TPSA) is 64.0 Å². The highest BCUT2D eigenvalue weighted by molar-refractivity contribution is 7.93. The molecule has 3 nitrogen and oxygen atoms in total. The Bertz CT molecular complexity index is 60.7. The molecule has 0 rings (SSSR count). The molecule has 0 fully saturated rings. The minimum atomic E-state index is -2.28. The molecule has 0 spiro atoms. The quantitative estimate of drug-likeness (QED) is 0.268. The van der Waals surface area contributed by atoms with E-state index in [1.165, 1.54) is 0 Å². The number of hydrogen-bond acceptors (Lipinski definition) is 3. The number of rotatable bonds is 1. The van der Waals surface area contributed by atoms with Gasteiger partial charge in [0.05, 0.1) is 5.55 Å². The molecule has 0 heterocycles. The summed E-state index contributed by atoms with van der Waals surface area (Å²) in [6, 6.07) is 0. The van der Waals surface area contributed by atoms with Crippen LogP contribution < -0.4 is 0 Å². The van der Waals surface area contributed by atoms with Crippen LogP contribution >= 0.6 is 0 Å². The van der Waals surface area contributed by atoms with Crippen LogP contribution in [-0.4, -0.2) is 14.3 Å². The van der Waals surface area contributed by atoms with E-state index in [2.05, 4.69) is 0 Å². The lowest BCUT2D eigenvalue weighted by Crippen LogP contribution is -1.81. The summed E-state index contributed by atoms with van der Waals surface area (Å²) in [6.07, 6.45) is 0. The van der Waals surface area contributed by atoms with Gasteiger partial charge in [-0.2, -0.15) is 0 Å². The Labute approximate surface area is 31.8 Å². The lowest BCUT2D eigenvalue weighted by molar-refractivity contribution is 0.550. The van der Waals surface area contributed by atoms with E-state index in [9.17, 15) is 0 Å². The minimum absolute atomic E-state index is 0.333. The van der Waals surface area contributed by atoms with Crippen molar-refractivity contribution in [3.8, 4) is 0 Å². The molecular formula is CH2NO2S-. The molecule has 1 atom stereocenters. The summed E-state index contributed by atoms with van der Waals surface area (Å²) in [4.78, 5) is 0. The van der Waals surface area contributed by atoms with Gasteiger partial charge in [0.2, 0.25) is 0 Å². The lowest BCUT2D eigenvalue weighted by Gasteiger charge is -1.86. The molecule has 5 heavy (non-hydrogen) atoms. The molecule has 0 aliphatic carbocycles. The fourth-order valence-corrected chi connectivity index (χ4v) is 0. The summed E-state index contributed by atoms with van der Waals surface area (Å²) in [6.45, 7) is 0. The van der Waals surface area contributed by atoms with E-state index in [-0.39, 0.29) is 0 Å². The van der Waals surface area contributed by atoms with Crippen LogP contribution in [0.4, 0.5) is 0 Å². The summed E-state index contributed by atoms with van der Waals surface area (Å²) in [7, 11) is 0. The Kier molecular flexibility index (Phi) is 1.95. The molecule has 1 N–H and O–H groups in total. The Balaban J connectivity index is 3.20. The van der Waals surface area contributed by atoms with Crippen molar-refractivity contribution in [3.63, 3.8) is 0 Å². The van der Waals surface area contributed by atoms with Gasteiger partial charge in [0.1, 0.15) is 0 Å². The summed E-state index contributed by atoms with van der Waals surface area (Å²) < 4.78 is 18.2. The first-order valence-electron chi connectivity index (χ1n) is 0.858. The molecule has 0 aliphatic heterocycles. The molecule has 0 amide bonds. The van der Waals surface area contributed by atoms with Gasteiger partial charge in [0.15, 0.2) is 0 Å². The van der Waals surface area contributed by atoms with Crippen molar-refractivity contribution in [2.45, 2.75) is 0 Å². The third kappa shape index (κ3) is 3.78. The van der Waals surface area contributed by atoms with Crippen molar-refractivity contribution in [2.75, 3.05) is 0 Å². The highest BCUT2D eigenvalue weighted by Crippen LogP contribution is 1.51. The SMILES string of the molecule is N=CS(=O)[O-]. The van der Waals surface area contributed by atoms with Gasteiger partial charge in [-0.15, -0.1) is 0 Å². The summed E-state index contributed by atoms with van der Waals surface area (Å²) in [5.41, 5.74) is 0.333. The molecule has 1 unspecified atom stereocenters. The largest absolute Gasteiger partial charge is 0.768 e. The van der Waals surface area contributed by atoms with Crippen LogP contribution in [0.3, 0.4) is 0 Å². The second-order valence-electron chi connectivity index (χ2n) is 0.378. The number of hydrogen-bond donors (Lipinski definition) is 1. The molecule has 0 aliphatic rings. The highest BCUT2D eigenvalue weighted by Gasteiger charge is 1.54. The molecule has 30 valence electrons. The predicted molar refractivity (Wildman–Crippen MR) is 17.7 cm³/mol. The van der Waals surface area contributed by atoms with E-state index < -0.39 is 11.1 Å². The van der Waals surface area contributed by atoms with Gasteiger partial charge >= 0.3 is 0 Å². The normalized spacial score (nSPS) is 13.8. The Morgan fingerprint density at radius 2 is 2.20 bits per heavy atom. The highest BCUT2D eigenvalue weighted by atomic mass is 32.2. The van der Waals surface area contributed by atoms with Crippen molar-refractivity contribution in [2.24, 2.45) is 0 Å². The first-order valence-corrected chi connectivity index (χ1v) is 2.00. The molecule has 0 saturated heterocycles. The molecule has 0 saturated carbocycles. The van der Waals surface area contributed by atoms with Gasteiger partial charge in [-0.1, -0.05) is 0 Å². The Hall–Kier alpha value is -0.220. The Morgan fingerprint density at radius 1 is 2.00 bits per heavy atom. The maximum Gasteiger partial charge on any atom is 0.0679 e. The van der Waals surface area contributed by atoms with E-state index in [0.29, 0.717) is 5.55 Å². The third-order valence-electron chi connectivity index (χ3n) is 0.0962. The second kappa shape index (κ2) is 2.04. The first-order chi connectivity index (χ1) is 2.27. The summed E-state index contributed by atoms with van der Waals surface area (Å²) in [5, 5.41) is 5.92. The maximum absolute atomic E-state index is 9.12. The standard InChI is InChI=1S/CH3NO2S/c2-1-5(3)4/h1-2H,(H,3,4)/p-1.